The van der Waals surface area contributed by atoms with Crippen LogP contribution in [0.4, 0.5) is 0 Å². The number of carbonyl (C=O) groups excluding carboxylic acids is 1. The molecule has 0 radical (unpaired) electrons. The largest absolute Gasteiger partial charge is 0.465 e. The van der Waals surface area contributed by atoms with Crippen LogP contribution in [0, 0.1) is 23.7 Å². The summed E-state index contributed by atoms with van der Waals surface area (Å²) >= 11 is 6.11. The molecule has 0 aromatic heterocycles. The van der Waals surface area contributed by atoms with Crippen molar-refractivity contribution in [3.8, 4) is 6.07 Å². The summed E-state index contributed by atoms with van der Waals surface area (Å²) in [5.41, 5.74) is 0.618. The minimum Gasteiger partial charge on any atom is -0.465 e. The van der Waals surface area contributed by atoms with Gasteiger partial charge >= 0.3 is 5.97 Å². The van der Waals surface area contributed by atoms with E-state index in [1.54, 1.807) is 13.8 Å². The topological polar surface area (TPSA) is 50.1 Å². The number of halogens is 1. The Kier molecular flexibility index (Phi) is 4.75. The van der Waals surface area contributed by atoms with Crippen molar-refractivity contribution in [1.29, 1.82) is 5.26 Å². The van der Waals surface area contributed by atoms with Crippen molar-refractivity contribution in [3.63, 3.8) is 0 Å². The van der Waals surface area contributed by atoms with Gasteiger partial charge < -0.3 is 4.74 Å². The molecule has 18 heavy (non-hydrogen) atoms. The Balaban J connectivity index is 2.99. The summed E-state index contributed by atoms with van der Waals surface area (Å²) in [7, 11) is 0. The molecule has 3 nitrogen and oxygen atoms in total. The maximum absolute atomic E-state index is 11.8. The minimum atomic E-state index is -1.20. The van der Waals surface area contributed by atoms with Crippen molar-refractivity contribution in [2.24, 2.45) is 5.41 Å². The number of hydrogen-bond acceptors (Lipinski definition) is 3. The van der Waals surface area contributed by atoms with Crippen LogP contribution in [0.2, 0.25) is 5.02 Å². The van der Waals surface area contributed by atoms with Crippen molar-refractivity contribution in [1.82, 2.24) is 0 Å². The van der Waals surface area contributed by atoms with Crippen LogP contribution in [0.3, 0.4) is 0 Å². The van der Waals surface area contributed by atoms with Gasteiger partial charge in [-0.3, -0.25) is 4.79 Å². The number of carbonyl (C=O) groups is 1. The van der Waals surface area contributed by atoms with Crippen molar-refractivity contribution >= 4 is 17.6 Å². The van der Waals surface area contributed by atoms with Crippen LogP contribution in [0.5, 0.6) is 0 Å². The lowest BCUT2D eigenvalue weighted by molar-refractivity contribution is -0.151. The lowest BCUT2D eigenvalue weighted by atomic mass is 9.85. The second kappa shape index (κ2) is 5.88. The highest BCUT2D eigenvalue weighted by atomic mass is 35.5. The Morgan fingerprint density at radius 2 is 2.22 bits per heavy atom. The van der Waals surface area contributed by atoms with Gasteiger partial charge in [0.2, 0.25) is 0 Å². The first kappa shape index (κ1) is 14.5. The van der Waals surface area contributed by atoms with E-state index < -0.39 is 11.4 Å². The first-order valence-electron chi connectivity index (χ1n) is 5.76. The van der Waals surface area contributed by atoms with Crippen molar-refractivity contribution < 1.29 is 9.53 Å². The third-order valence-corrected chi connectivity index (χ3v) is 3.08. The highest BCUT2D eigenvalue weighted by molar-refractivity contribution is 6.31. The van der Waals surface area contributed by atoms with Gasteiger partial charge in [0.15, 0.2) is 5.41 Å². The van der Waals surface area contributed by atoms with Gasteiger partial charge in [0, 0.05) is 11.4 Å². The van der Waals surface area contributed by atoms with Crippen LogP contribution in [0.15, 0.2) is 18.2 Å². The minimum absolute atomic E-state index is 0.251. The molecule has 0 amide bonds. The Labute approximate surface area is 112 Å². The average molecular weight is 266 g/mol. The number of nitrogens with zero attached hydrogens (tertiary/aromatic N) is 1. The van der Waals surface area contributed by atoms with E-state index in [4.69, 9.17) is 16.3 Å². The highest BCUT2D eigenvalue weighted by Gasteiger charge is 2.35. The first-order chi connectivity index (χ1) is 8.42. The van der Waals surface area contributed by atoms with Gasteiger partial charge in [-0.15, -0.1) is 0 Å². The molecule has 0 saturated heterocycles. The third-order valence-electron chi connectivity index (χ3n) is 2.73. The van der Waals surface area contributed by atoms with Gasteiger partial charge in [-0.2, -0.15) is 5.26 Å². The van der Waals surface area contributed by atoms with E-state index in [9.17, 15) is 10.1 Å². The SMILES string of the molecule is CCOC(=O)C(C)(C#N)Cc1ccc(C)cc1Cl. The van der Waals surface area contributed by atoms with E-state index in [-0.39, 0.29) is 13.0 Å². The van der Waals surface area contributed by atoms with Crippen molar-refractivity contribution in [2.45, 2.75) is 27.2 Å². The molecule has 1 rings (SSSR count). The molecule has 0 bridgehead atoms. The van der Waals surface area contributed by atoms with Crippen LogP contribution in [0.25, 0.3) is 0 Å². The third kappa shape index (κ3) is 3.24. The zero-order valence-corrected chi connectivity index (χ0v) is 11.5. The summed E-state index contributed by atoms with van der Waals surface area (Å²) in [4.78, 5) is 11.8. The molecule has 0 spiro atoms. The maximum atomic E-state index is 11.8. The zero-order valence-electron chi connectivity index (χ0n) is 10.8. The number of ether oxygens (including phenoxy) is 1. The molecule has 1 unspecified atom stereocenters. The standard InChI is InChI=1S/C14H16ClNO2/c1-4-18-13(17)14(3,9-16)8-11-6-5-10(2)7-12(11)15/h5-7H,4,8H2,1-3H3. The molecule has 4 heteroatoms. The molecule has 0 aliphatic heterocycles. The Morgan fingerprint density at radius 3 is 2.72 bits per heavy atom. The lowest BCUT2D eigenvalue weighted by Crippen LogP contribution is -2.30. The van der Waals surface area contributed by atoms with Crippen molar-refractivity contribution in [2.75, 3.05) is 6.61 Å². The van der Waals surface area contributed by atoms with Crippen LogP contribution in [-0.2, 0) is 16.0 Å². The van der Waals surface area contributed by atoms with E-state index in [0.29, 0.717) is 5.02 Å². The fourth-order valence-corrected chi connectivity index (χ4v) is 1.93. The number of rotatable bonds is 4. The maximum Gasteiger partial charge on any atom is 0.326 e. The Morgan fingerprint density at radius 1 is 1.56 bits per heavy atom. The second-order valence-electron chi connectivity index (χ2n) is 4.44. The summed E-state index contributed by atoms with van der Waals surface area (Å²) in [6, 6.07) is 7.59. The normalized spacial score (nSPS) is 13.5. The summed E-state index contributed by atoms with van der Waals surface area (Å²) in [5, 5.41) is 9.77. The van der Waals surface area contributed by atoms with Gasteiger partial charge in [-0.25, -0.2) is 0 Å². The Hall–Kier alpha value is -1.53. The molecule has 0 aliphatic rings. The molecule has 0 aliphatic carbocycles. The van der Waals surface area contributed by atoms with Gasteiger partial charge in [0.1, 0.15) is 0 Å². The lowest BCUT2D eigenvalue weighted by Gasteiger charge is -2.20. The number of aryl methyl sites for hydroxylation is 1. The number of benzene rings is 1. The number of nitriles is 1. The van der Waals surface area contributed by atoms with E-state index in [1.165, 1.54) is 0 Å². The van der Waals surface area contributed by atoms with Gasteiger partial charge in [-0.05, 0) is 38.0 Å². The molecule has 1 atom stereocenters. The van der Waals surface area contributed by atoms with E-state index >= 15 is 0 Å². The molecule has 1 aromatic rings. The zero-order chi connectivity index (χ0) is 13.8. The van der Waals surface area contributed by atoms with Crippen LogP contribution in [0.1, 0.15) is 25.0 Å². The van der Waals surface area contributed by atoms with E-state index in [2.05, 4.69) is 0 Å². The molecular weight excluding hydrogens is 250 g/mol. The molecular formula is C14H16ClNO2. The number of esters is 1. The molecule has 1 aromatic carbocycles. The fourth-order valence-electron chi connectivity index (χ4n) is 1.62. The molecule has 0 fully saturated rings. The molecule has 0 N–H and O–H groups in total. The number of hydrogen-bond donors (Lipinski definition) is 0. The molecule has 0 heterocycles. The smallest absolute Gasteiger partial charge is 0.326 e. The van der Waals surface area contributed by atoms with Crippen molar-refractivity contribution in [3.05, 3.63) is 34.3 Å². The van der Waals surface area contributed by atoms with Gasteiger partial charge in [0.25, 0.3) is 0 Å². The van der Waals surface area contributed by atoms with Crippen LogP contribution in [-0.4, -0.2) is 12.6 Å². The predicted molar refractivity (Wildman–Crippen MR) is 70.2 cm³/mol. The molecule has 96 valence electrons. The second-order valence-corrected chi connectivity index (χ2v) is 4.84. The van der Waals surface area contributed by atoms with Gasteiger partial charge in [-0.1, -0.05) is 23.7 Å². The summed E-state index contributed by atoms with van der Waals surface area (Å²) in [6.07, 6.45) is 0.251. The fraction of sp³-hybridized carbons (Fsp3) is 0.429. The molecule has 0 saturated carbocycles. The highest BCUT2D eigenvalue weighted by Crippen LogP contribution is 2.28. The summed E-state index contributed by atoms with van der Waals surface area (Å²) < 4.78 is 4.93. The van der Waals surface area contributed by atoms with Crippen LogP contribution < -0.4 is 0 Å². The summed E-state index contributed by atoms with van der Waals surface area (Å²) in [6.45, 7) is 5.48. The first-order valence-corrected chi connectivity index (χ1v) is 6.14. The van der Waals surface area contributed by atoms with E-state index in [1.807, 2.05) is 31.2 Å². The van der Waals surface area contributed by atoms with Crippen LogP contribution >= 0.6 is 11.6 Å². The van der Waals surface area contributed by atoms with Gasteiger partial charge in [0.05, 0.1) is 12.7 Å². The Bertz CT molecular complexity index is 493. The summed E-state index contributed by atoms with van der Waals surface area (Å²) in [5.74, 6) is -0.510. The monoisotopic (exact) mass is 265 g/mol. The van der Waals surface area contributed by atoms with E-state index in [0.717, 1.165) is 11.1 Å². The average Bonchev–Trinajstić information content (AvgIpc) is 2.33. The predicted octanol–water partition coefficient (Wildman–Crippen LogP) is 3.28. The quantitative estimate of drug-likeness (QED) is 0.785.